The number of rotatable bonds is 4. The highest BCUT2D eigenvalue weighted by atomic mass is 79.9. The molecule has 1 fully saturated rings. The van der Waals surface area contributed by atoms with Crippen LogP contribution in [0.1, 0.15) is 43.7 Å². The normalized spacial score (nSPS) is 15.9. The van der Waals surface area contributed by atoms with Crippen molar-refractivity contribution in [3.05, 3.63) is 33.8 Å². The molecule has 3 heteroatoms. The molecule has 0 amide bonds. The third-order valence-electron chi connectivity index (χ3n) is 3.31. The Bertz CT molecular complexity index is 448. The molecular formula is C14H17BrO2. The molecule has 0 aromatic heterocycles. The molecule has 92 valence electrons. The molecule has 1 aromatic rings. The minimum Gasteiger partial charge on any atom is -0.481 e. The van der Waals surface area contributed by atoms with E-state index in [0.717, 1.165) is 10.0 Å². The van der Waals surface area contributed by atoms with Gasteiger partial charge in [0.05, 0.1) is 5.41 Å². The molecular weight excluding hydrogens is 280 g/mol. The number of halogens is 1. The van der Waals surface area contributed by atoms with E-state index in [4.69, 9.17) is 5.11 Å². The van der Waals surface area contributed by atoms with Crippen molar-refractivity contribution in [1.29, 1.82) is 0 Å². The van der Waals surface area contributed by atoms with Crippen LogP contribution in [0.2, 0.25) is 0 Å². The Labute approximate surface area is 110 Å². The minimum atomic E-state index is -0.750. The Morgan fingerprint density at radius 2 is 2.12 bits per heavy atom. The highest BCUT2D eigenvalue weighted by Gasteiger charge is 2.29. The van der Waals surface area contributed by atoms with Gasteiger partial charge in [-0.25, -0.2) is 0 Å². The van der Waals surface area contributed by atoms with Crippen molar-refractivity contribution in [3.8, 4) is 0 Å². The number of hydrogen-bond acceptors (Lipinski definition) is 1. The number of aliphatic carboxylic acids is 1. The second kappa shape index (κ2) is 4.45. The summed E-state index contributed by atoms with van der Waals surface area (Å²) >= 11 is 3.58. The maximum Gasteiger partial charge on any atom is 0.309 e. The summed E-state index contributed by atoms with van der Waals surface area (Å²) in [6.45, 7) is 3.52. The SMILES string of the molecule is CC(C)(Cc1ccc(C2CC2)c(Br)c1)C(=O)O. The highest BCUT2D eigenvalue weighted by Crippen LogP contribution is 2.43. The van der Waals surface area contributed by atoms with Gasteiger partial charge >= 0.3 is 5.97 Å². The summed E-state index contributed by atoms with van der Waals surface area (Å²) in [5.74, 6) is -0.0363. The molecule has 1 saturated carbocycles. The molecule has 1 aromatic carbocycles. The van der Waals surface area contributed by atoms with E-state index in [1.54, 1.807) is 13.8 Å². The first-order chi connectivity index (χ1) is 7.90. The van der Waals surface area contributed by atoms with E-state index in [1.807, 2.05) is 0 Å². The van der Waals surface area contributed by atoms with Gasteiger partial charge in [-0.1, -0.05) is 28.1 Å². The fourth-order valence-electron chi connectivity index (χ4n) is 1.99. The first kappa shape index (κ1) is 12.6. The third kappa shape index (κ3) is 2.89. The fourth-order valence-corrected chi connectivity index (χ4v) is 2.74. The standard InChI is InChI=1S/C14H17BrO2/c1-14(2,13(16)17)8-9-3-6-11(10-4-5-10)12(15)7-9/h3,6-7,10H,4-5,8H2,1-2H3,(H,16,17). The molecule has 0 atom stereocenters. The van der Waals surface area contributed by atoms with Crippen molar-refractivity contribution in [1.82, 2.24) is 0 Å². The van der Waals surface area contributed by atoms with E-state index in [1.165, 1.54) is 18.4 Å². The quantitative estimate of drug-likeness (QED) is 0.912. The van der Waals surface area contributed by atoms with Gasteiger partial charge in [0.2, 0.25) is 0 Å². The first-order valence-electron chi connectivity index (χ1n) is 5.92. The second-order valence-electron chi connectivity index (χ2n) is 5.50. The Morgan fingerprint density at radius 3 is 2.59 bits per heavy atom. The Morgan fingerprint density at radius 1 is 1.47 bits per heavy atom. The van der Waals surface area contributed by atoms with Crippen LogP contribution in [0.25, 0.3) is 0 Å². The zero-order valence-electron chi connectivity index (χ0n) is 10.2. The molecule has 1 N–H and O–H groups in total. The van der Waals surface area contributed by atoms with Gasteiger partial charge in [-0.05, 0) is 56.2 Å². The van der Waals surface area contributed by atoms with Gasteiger partial charge in [-0.2, -0.15) is 0 Å². The van der Waals surface area contributed by atoms with E-state index >= 15 is 0 Å². The minimum absolute atomic E-state index is 0.561. The largest absolute Gasteiger partial charge is 0.481 e. The average molecular weight is 297 g/mol. The molecule has 0 bridgehead atoms. The third-order valence-corrected chi connectivity index (χ3v) is 3.99. The zero-order chi connectivity index (χ0) is 12.6. The fraction of sp³-hybridized carbons (Fsp3) is 0.500. The molecule has 0 heterocycles. The van der Waals surface area contributed by atoms with Gasteiger partial charge in [-0.3, -0.25) is 4.79 Å². The molecule has 0 spiro atoms. The maximum absolute atomic E-state index is 11.1. The summed E-state index contributed by atoms with van der Waals surface area (Å²) in [5.41, 5.74) is 1.73. The van der Waals surface area contributed by atoms with E-state index in [0.29, 0.717) is 12.3 Å². The smallest absolute Gasteiger partial charge is 0.309 e. The summed E-state index contributed by atoms with van der Waals surface area (Å²) < 4.78 is 1.12. The van der Waals surface area contributed by atoms with Gasteiger partial charge in [0.15, 0.2) is 0 Å². The van der Waals surface area contributed by atoms with E-state index in [2.05, 4.69) is 34.1 Å². The number of carbonyl (C=O) groups is 1. The molecule has 17 heavy (non-hydrogen) atoms. The maximum atomic E-state index is 11.1. The van der Waals surface area contributed by atoms with Crippen LogP contribution in [0.15, 0.2) is 22.7 Å². The second-order valence-corrected chi connectivity index (χ2v) is 6.35. The van der Waals surface area contributed by atoms with Crippen LogP contribution in [-0.4, -0.2) is 11.1 Å². The van der Waals surface area contributed by atoms with Crippen LogP contribution in [-0.2, 0) is 11.2 Å². The van der Waals surface area contributed by atoms with Crippen LogP contribution in [0.4, 0.5) is 0 Å². The predicted octanol–water partition coefficient (Wildman–Crippen LogP) is 3.98. The van der Waals surface area contributed by atoms with Crippen LogP contribution in [0, 0.1) is 5.41 Å². The molecule has 1 aliphatic carbocycles. The molecule has 0 saturated heterocycles. The van der Waals surface area contributed by atoms with Crippen molar-refractivity contribution in [2.75, 3.05) is 0 Å². The van der Waals surface area contributed by atoms with Crippen molar-refractivity contribution in [2.24, 2.45) is 5.41 Å². The lowest BCUT2D eigenvalue weighted by molar-refractivity contribution is -0.146. The van der Waals surface area contributed by atoms with Gasteiger partial charge in [0.1, 0.15) is 0 Å². The number of carboxylic acids is 1. The van der Waals surface area contributed by atoms with Gasteiger partial charge in [0, 0.05) is 4.47 Å². The Hall–Kier alpha value is -0.830. The molecule has 0 radical (unpaired) electrons. The zero-order valence-corrected chi connectivity index (χ0v) is 11.8. The molecule has 1 aliphatic rings. The molecule has 2 rings (SSSR count). The van der Waals surface area contributed by atoms with E-state index in [-0.39, 0.29) is 0 Å². The van der Waals surface area contributed by atoms with Crippen LogP contribution in [0.3, 0.4) is 0 Å². The van der Waals surface area contributed by atoms with Crippen LogP contribution in [0.5, 0.6) is 0 Å². The molecule has 2 nitrogen and oxygen atoms in total. The van der Waals surface area contributed by atoms with Gasteiger partial charge in [-0.15, -0.1) is 0 Å². The summed E-state index contributed by atoms with van der Waals surface area (Å²) in [5, 5.41) is 9.11. The number of carboxylic acid groups (broad SMARTS) is 1. The highest BCUT2D eigenvalue weighted by molar-refractivity contribution is 9.10. The lowest BCUT2D eigenvalue weighted by Gasteiger charge is -2.19. The summed E-state index contributed by atoms with van der Waals surface area (Å²) in [6, 6.07) is 6.26. The predicted molar refractivity (Wildman–Crippen MR) is 71.2 cm³/mol. The number of benzene rings is 1. The van der Waals surface area contributed by atoms with Gasteiger partial charge in [0.25, 0.3) is 0 Å². The lowest BCUT2D eigenvalue weighted by Crippen LogP contribution is -2.26. The Balaban J connectivity index is 2.17. The van der Waals surface area contributed by atoms with Crippen molar-refractivity contribution in [2.45, 2.75) is 39.0 Å². The monoisotopic (exact) mass is 296 g/mol. The van der Waals surface area contributed by atoms with Crippen LogP contribution >= 0.6 is 15.9 Å². The summed E-state index contributed by atoms with van der Waals surface area (Å²) in [4.78, 5) is 11.1. The lowest BCUT2D eigenvalue weighted by atomic mass is 9.85. The van der Waals surface area contributed by atoms with Crippen molar-refractivity contribution >= 4 is 21.9 Å². The van der Waals surface area contributed by atoms with Crippen molar-refractivity contribution < 1.29 is 9.90 Å². The van der Waals surface area contributed by atoms with Gasteiger partial charge < -0.3 is 5.11 Å². The van der Waals surface area contributed by atoms with E-state index < -0.39 is 11.4 Å². The topological polar surface area (TPSA) is 37.3 Å². The number of hydrogen-bond donors (Lipinski definition) is 1. The van der Waals surface area contributed by atoms with Crippen LogP contribution < -0.4 is 0 Å². The van der Waals surface area contributed by atoms with Crippen molar-refractivity contribution in [3.63, 3.8) is 0 Å². The summed E-state index contributed by atoms with van der Waals surface area (Å²) in [7, 11) is 0. The van der Waals surface area contributed by atoms with E-state index in [9.17, 15) is 4.79 Å². The first-order valence-corrected chi connectivity index (χ1v) is 6.71. The summed E-state index contributed by atoms with van der Waals surface area (Å²) in [6.07, 6.45) is 3.11. The average Bonchev–Trinajstić information content (AvgIpc) is 3.00. The molecule has 0 aliphatic heterocycles. The Kier molecular flexibility index (Phi) is 3.30. The molecule has 0 unspecified atom stereocenters.